The monoisotopic (exact) mass is 770 g/mol. The molecule has 0 radical (unpaired) electrons. The molecular formula is C32H35IO14. The molecule has 15 heteroatoms. The molecule has 3 rings (SSSR count). The predicted molar refractivity (Wildman–Crippen MR) is 174 cm³/mol. The first-order valence-electron chi connectivity index (χ1n) is 13.7. The van der Waals surface area contributed by atoms with Crippen LogP contribution in [0.4, 0.5) is 0 Å². The molecule has 0 aliphatic carbocycles. The maximum atomic E-state index is 13.8. The maximum Gasteiger partial charge on any atom is 0.345 e. The molecule has 0 bridgehead atoms. The van der Waals surface area contributed by atoms with Gasteiger partial charge in [0.25, 0.3) is 0 Å². The average Bonchev–Trinajstić information content (AvgIpc) is 3.06. The van der Waals surface area contributed by atoms with Crippen LogP contribution < -0.4 is 42.6 Å². The molecule has 3 aromatic carbocycles. The number of esters is 3. The topological polar surface area (TPSA) is 153 Å². The molecule has 0 aromatic heterocycles. The van der Waals surface area contributed by atoms with Crippen molar-refractivity contribution in [1.82, 2.24) is 0 Å². The van der Waals surface area contributed by atoms with Crippen LogP contribution in [0.2, 0.25) is 0 Å². The van der Waals surface area contributed by atoms with Crippen LogP contribution in [-0.4, -0.2) is 67.7 Å². The van der Waals surface area contributed by atoms with Crippen LogP contribution >= 0.6 is 22.6 Å². The summed E-state index contributed by atoms with van der Waals surface area (Å²) in [5.74, 6) is -0.564. The summed E-state index contributed by atoms with van der Waals surface area (Å²) < 4.78 is 61.7. The number of hydrogen-bond donors (Lipinski definition) is 0. The first-order chi connectivity index (χ1) is 22.5. The molecule has 0 aliphatic rings. The van der Waals surface area contributed by atoms with Gasteiger partial charge in [0.05, 0.1) is 58.9 Å². The fourth-order valence-corrected chi connectivity index (χ4v) is 5.21. The molecule has 0 N–H and O–H groups in total. The first kappa shape index (κ1) is 36.7. The third-order valence-corrected chi connectivity index (χ3v) is 7.55. The minimum Gasteiger partial charge on any atom is -0.493 e. The van der Waals surface area contributed by atoms with E-state index in [1.165, 1.54) is 81.8 Å². The highest BCUT2D eigenvalue weighted by atomic mass is 127. The van der Waals surface area contributed by atoms with Gasteiger partial charge in [0.15, 0.2) is 34.5 Å². The van der Waals surface area contributed by atoms with Gasteiger partial charge in [-0.1, -0.05) is 0 Å². The van der Waals surface area contributed by atoms with Crippen molar-refractivity contribution < 1.29 is 66.5 Å². The molecule has 0 unspecified atom stereocenters. The van der Waals surface area contributed by atoms with Gasteiger partial charge >= 0.3 is 17.9 Å². The molecule has 0 atom stereocenters. The van der Waals surface area contributed by atoms with E-state index in [9.17, 15) is 14.4 Å². The van der Waals surface area contributed by atoms with E-state index >= 15 is 0 Å². The Balaban J connectivity index is 2.24. The Labute approximate surface area is 285 Å². The number of halogens is 1. The minimum atomic E-state index is -0.826. The highest BCUT2D eigenvalue weighted by Crippen LogP contribution is 2.51. The summed E-state index contributed by atoms with van der Waals surface area (Å²) in [6.45, 7) is 2.03. The van der Waals surface area contributed by atoms with Gasteiger partial charge in [0.1, 0.15) is 13.2 Å². The largest absolute Gasteiger partial charge is 0.493 e. The Bertz CT molecular complexity index is 1640. The first-order valence-corrected chi connectivity index (χ1v) is 14.7. The SMILES string of the molecule is COc1cc(C(=O)Oc2c(COC(C)=O)ccc(Oc3c(COC(C)=O)cc(OC)c(OC)c3OC)c2OC)c(I)c(OC)c1OC. The van der Waals surface area contributed by atoms with E-state index in [1.807, 2.05) is 22.6 Å². The standard InChI is InChI=1S/C32H35IO14/c1-16(34)44-14-18-10-11-21(46-26-19(15-45-17(2)35)12-22(37-3)29(41-7)31(26)43-9)27(39-5)25(18)47-32(36)20-13-23(38-4)28(40-6)30(42-8)24(20)33/h10-13H,14-15H2,1-9H3. The zero-order chi connectivity index (χ0) is 34.8. The summed E-state index contributed by atoms with van der Waals surface area (Å²) >= 11 is 1.93. The van der Waals surface area contributed by atoms with Crippen molar-refractivity contribution in [3.05, 3.63) is 44.5 Å². The van der Waals surface area contributed by atoms with E-state index < -0.39 is 17.9 Å². The number of benzene rings is 3. The summed E-state index contributed by atoms with van der Waals surface area (Å²) in [6, 6.07) is 6.06. The van der Waals surface area contributed by atoms with Gasteiger partial charge in [-0.25, -0.2) is 4.79 Å². The van der Waals surface area contributed by atoms with Crippen LogP contribution in [0.3, 0.4) is 0 Å². The van der Waals surface area contributed by atoms with Gasteiger partial charge in [-0.05, 0) is 46.9 Å². The minimum absolute atomic E-state index is 0.0410. The van der Waals surface area contributed by atoms with Crippen LogP contribution in [0.15, 0.2) is 24.3 Å². The molecule has 3 aromatic rings. The van der Waals surface area contributed by atoms with Crippen LogP contribution in [0.5, 0.6) is 57.5 Å². The maximum absolute atomic E-state index is 13.8. The Morgan fingerprint density at radius 1 is 0.553 bits per heavy atom. The van der Waals surface area contributed by atoms with Gasteiger partial charge < -0.3 is 52.1 Å². The number of carbonyl (C=O) groups excluding carboxylic acids is 3. The smallest absolute Gasteiger partial charge is 0.345 e. The Morgan fingerprint density at radius 3 is 1.55 bits per heavy atom. The van der Waals surface area contributed by atoms with Gasteiger partial charge in [-0.3, -0.25) is 9.59 Å². The second kappa shape index (κ2) is 16.7. The van der Waals surface area contributed by atoms with Crippen molar-refractivity contribution in [2.45, 2.75) is 27.1 Å². The fourth-order valence-electron chi connectivity index (χ4n) is 4.37. The molecular weight excluding hydrogens is 735 g/mol. The van der Waals surface area contributed by atoms with Crippen molar-refractivity contribution in [3.8, 4) is 57.5 Å². The zero-order valence-electron chi connectivity index (χ0n) is 27.3. The van der Waals surface area contributed by atoms with E-state index in [4.69, 9.17) is 52.1 Å². The van der Waals surface area contributed by atoms with Crippen molar-refractivity contribution in [2.24, 2.45) is 0 Å². The lowest BCUT2D eigenvalue weighted by molar-refractivity contribution is -0.143. The quantitative estimate of drug-likeness (QED) is 0.109. The van der Waals surface area contributed by atoms with Crippen LogP contribution in [0.1, 0.15) is 35.3 Å². The summed E-state index contributed by atoms with van der Waals surface area (Å²) in [6.07, 6.45) is 0. The summed E-state index contributed by atoms with van der Waals surface area (Å²) in [5.41, 5.74) is 0.711. The van der Waals surface area contributed by atoms with Crippen LogP contribution in [-0.2, 0) is 32.3 Å². The van der Waals surface area contributed by atoms with Crippen molar-refractivity contribution in [3.63, 3.8) is 0 Å². The number of hydrogen-bond acceptors (Lipinski definition) is 14. The van der Waals surface area contributed by atoms with E-state index in [0.29, 0.717) is 9.13 Å². The van der Waals surface area contributed by atoms with Gasteiger partial charge in [-0.15, -0.1) is 0 Å². The Morgan fingerprint density at radius 2 is 1.04 bits per heavy atom. The van der Waals surface area contributed by atoms with Crippen LogP contribution in [0.25, 0.3) is 0 Å². The number of ether oxygens (including phenoxy) is 11. The lowest BCUT2D eigenvalue weighted by atomic mass is 10.1. The summed E-state index contributed by atoms with van der Waals surface area (Å²) in [4.78, 5) is 37.2. The fraction of sp³-hybridized carbons (Fsp3) is 0.344. The summed E-state index contributed by atoms with van der Waals surface area (Å²) in [7, 11) is 9.87. The van der Waals surface area contributed by atoms with E-state index in [2.05, 4.69) is 0 Å². The number of carbonyl (C=O) groups is 3. The molecule has 0 heterocycles. The third-order valence-electron chi connectivity index (χ3n) is 6.48. The van der Waals surface area contributed by atoms with E-state index in [-0.39, 0.29) is 81.8 Å². The lowest BCUT2D eigenvalue weighted by Gasteiger charge is -2.22. The molecule has 0 amide bonds. The van der Waals surface area contributed by atoms with E-state index in [0.717, 1.165) is 0 Å². The zero-order valence-corrected chi connectivity index (χ0v) is 29.5. The molecule has 0 spiro atoms. The summed E-state index contributed by atoms with van der Waals surface area (Å²) in [5, 5.41) is 0. The molecule has 0 fully saturated rings. The Kier molecular flexibility index (Phi) is 13.0. The predicted octanol–water partition coefficient (Wildman–Crippen LogP) is 5.49. The number of methoxy groups -OCH3 is 7. The second-order valence-corrected chi connectivity index (χ2v) is 10.4. The highest BCUT2D eigenvalue weighted by Gasteiger charge is 2.29. The number of rotatable bonds is 15. The van der Waals surface area contributed by atoms with Gasteiger partial charge in [0, 0.05) is 25.0 Å². The molecule has 14 nitrogen and oxygen atoms in total. The average molecular weight is 771 g/mol. The van der Waals surface area contributed by atoms with Gasteiger partial charge in [0.2, 0.25) is 23.0 Å². The van der Waals surface area contributed by atoms with E-state index in [1.54, 1.807) is 6.07 Å². The third kappa shape index (κ3) is 8.14. The molecule has 0 aliphatic heterocycles. The lowest BCUT2D eigenvalue weighted by Crippen LogP contribution is -2.15. The van der Waals surface area contributed by atoms with Crippen LogP contribution in [0, 0.1) is 3.57 Å². The second-order valence-electron chi connectivity index (χ2n) is 9.28. The van der Waals surface area contributed by atoms with Crippen molar-refractivity contribution in [1.29, 1.82) is 0 Å². The molecule has 0 saturated carbocycles. The molecule has 0 saturated heterocycles. The molecule has 254 valence electrons. The van der Waals surface area contributed by atoms with Crippen molar-refractivity contribution >= 4 is 40.5 Å². The highest BCUT2D eigenvalue weighted by molar-refractivity contribution is 14.1. The molecule has 47 heavy (non-hydrogen) atoms. The normalized spacial score (nSPS) is 10.3. The Hall–Kier alpha value is -4.80. The van der Waals surface area contributed by atoms with Gasteiger partial charge in [-0.2, -0.15) is 0 Å². The van der Waals surface area contributed by atoms with Crippen molar-refractivity contribution in [2.75, 3.05) is 49.8 Å².